The molecule has 24 heavy (non-hydrogen) atoms. The molecule has 0 aromatic heterocycles. The van der Waals surface area contributed by atoms with Crippen LogP contribution in [0.15, 0.2) is 18.2 Å². The number of carbonyl (C=O) groups is 1. The van der Waals surface area contributed by atoms with Crippen molar-refractivity contribution in [3.05, 3.63) is 29.8 Å². The van der Waals surface area contributed by atoms with Crippen LogP contribution in [0.2, 0.25) is 0 Å². The lowest BCUT2D eigenvalue weighted by Crippen LogP contribution is -2.50. The molecule has 8 heteroatoms. The molecule has 0 atom stereocenters. The highest BCUT2D eigenvalue weighted by Gasteiger charge is 2.39. The summed E-state index contributed by atoms with van der Waals surface area (Å²) in [5.41, 5.74) is -0.512. The first-order valence-electron chi connectivity index (χ1n) is 7.63. The Morgan fingerprint density at radius 2 is 2.00 bits per heavy atom. The van der Waals surface area contributed by atoms with Crippen molar-refractivity contribution in [3.63, 3.8) is 0 Å². The lowest BCUT2D eigenvalue weighted by atomic mass is 9.78. The maximum absolute atomic E-state index is 13.1. The molecule has 2 N–H and O–H groups in total. The topological polar surface area (TPSA) is 59.6 Å². The Morgan fingerprint density at radius 1 is 1.29 bits per heavy atom. The molecule has 5 nitrogen and oxygen atoms in total. The van der Waals surface area contributed by atoms with E-state index < -0.39 is 17.0 Å². The summed E-state index contributed by atoms with van der Waals surface area (Å²) in [6, 6.07) is 3.34. The highest BCUT2D eigenvalue weighted by Crippen LogP contribution is 2.29. The second-order valence-electron chi connectivity index (χ2n) is 5.64. The van der Waals surface area contributed by atoms with Crippen LogP contribution in [0.5, 0.6) is 5.75 Å². The van der Waals surface area contributed by atoms with E-state index >= 15 is 0 Å². The van der Waals surface area contributed by atoms with Gasteiger partial charge in [-0.3, -0.25) is 4.79 Å². The number of carbonyl (C=O) groups excluding carboxylic acids is 1. The molecule has 1 aliphatic heterocycles. The van der Waals surface area contributed by atoms with E-state index in [1.807, 2.05) is 0 Å². The largest absolute Gasteiger partial charge is 0.492 e. The Kier molecular flexibility index (Phi) is 8.38. The molecule has 1 heterocycles. The van der Waals surface area contributed by atoms with Gasteiger partial charge in [-0.1, -0.05) is 0 Å². The van der Waals surface area contributed by atoms with Gasteiger partial charge in [0.05, 0.1) is 18.6 Å². The molecule has 0 unspecified atom stereocenters. The minimum Gasteiger partial charge on any atom is -0.492 e. The quantitative estimate of drug-likeness (QED) is 0.725. The summed E-state index contributed by atoms with van der Waals surface area (Å²) in [7, 11) is 1.59. The highest BCUT2D eigenvalue weighted by molar-refractivity contribution is 5.85. The first-order valence-corrected chi connectivity index (χ1v) is 7.63. The number of methoxy groups -OCH3 is 1. The fourth-order valence-electron chi connectivity index (χ4n) is 2.71. The van der Waals surface area contributed by atoms with Crippen molar-refractivity contribution in [2.24, 2.45) is 5.41 Å². The monoisotopic (exact) mass is 364 g/mol. The lowest BCUT2D eigenvalue weighted by Gasteiger charge is -2.35. The number of piperidine rings is 1. The van der Waals surface area contributed by atoms with Gasteiger partial charge in [0.25, 0.3) is 0 Å². The van der Waals surface area contributed by atoms with Crippen LogP contribution in [-0.2, 0) is 9.53 Å². The fraction of sp³-hybridized carbons (Fsp3) is 0.562. The summed E-state index contributed by atoms with van der Waals surface area (Å²) in [6.07, 6.45) is 1.44. The van der Waals surface area contributed by atoms with Gasteiger partial charge in [-0.15, -0.1) is 12.4 Å². The van der Waals surface area contributed by atoms with Crippen molar-refractivity contribution in [1.82, 2.24) is 10.6 Å². The molecule has 0 aliphatic carbocycles. The summed E-state index contributed by atoms with van der Waals surface area (Å²) >= 11 is 0. The third-order valence-electron chi connectivity index (χ3n) is 4.01. The van der Waals surface area contributed by atoms with Gasteiger partial charge in [-0.05, 0) is 38.1 Å². The van der Waals surface area contributed by atoms with Crippen molar-refractivity contribution in [2.45, 2.75) is 12.8 Å². The van der Waals surface area contributed by atoms with E-state index in [0.717, 1.165) is 38.1 Å². The molecule has 1 aromatic rings. The van der Waals surface area contributed by atoms with Gasteiger partial charge in [0.2, 0.25) is 5.91 Å². The SMILES string of the molecule is COCC1(C(=O)NCCOc2ccc(F)c(F)c2)CCNCC1.Cl. The van der Waals surface area contributed by atoms with E-state index in [0.29, 0.717) is 6.61 Å². The molecule has 2 rings (SSSR count). The molecule has 1 aromatic carbocycles. The molecule has 0 radical (unpaired) electrons. The summed E-state index contributed by atoms with van der Waals surface area (Å²) in [5.74, 6) is -1.71. The van der Waals surface area contributed by atoms with Crippen LogP contribution >= 0.6 is 12.4 Å². The maximum Gasteiger partial charge on any atom is 0.228 e. The molecule has 0 saturated carbocycles. The highest BCUT2D eigenvalue weighted by atomic mass is 35.5. The normalized spacial score (nSPS) is 16.1. The van der Waals surface area contributed by atoms with Gasteiger partial charge in [-0.25, -0.2) is 8.78 Å². The number of nitrogens with one attached hydrogen (secondary N) is 2. The zero-order valence-corrected chi connectivity index (χ0v) is 14.4. The number of hydrogen-bond donors (Lipinski definition) is 2. The smallest absolute Gasteiger partial charge is 0.228 e. The average molecular weight is 365 g/mol. The number of halogens is 3. The van der Waals surface area contributed by atoms with E-state index in [4.69, 9.17) is 9.47 Å². The molecule has 1 amide bonds. The van der Waals surface area contributed by atoms with Crippen LogP contribution in [0.3, 0.4) is 0 Å². The second-order valence-corrected chi connectivity index (χ2v) is 5.64. The molecule has 1 fully saturated rings. The van der Waals surface area contributed by atoms with Crippen LogP contribution in [-0.4, -0.2) is 45.9 Å². The third-order valence-corrected chi connectivity index (χ3v) is 4.01. The molecule has 136 valence electrons. The van der Waals surface area contributed by atoms with Crippen molar-refractivity contribution >= 4 is 18.3 Å². The van der Waals surface area contributed by atoms with Gasteiger partial charge in [0, 0.05) is 13.2 Å². The molecule has 1 saturated heterocycles. The molecular formula is C16H23ClF2N2O3. The van der Waals surface area contributed by atoms with E-state index in [1.165, 1.54) is 6.07 Å². The van der Waals surface area contributed by atoms with Gasteiger partial charge in [0.1, 0.15) is 12.4 Å². The van der Waals surface area contributed by atoms with Gasteiger partial charge < -0.3 is 20.1 Å². The Balaban J connectivity index is 0.00000288. The number of ether oxygens (including phenoxy) is 2. The first-order chi connectivity index (χ1) is 11.1. The van der Waals surface area contributed by atoms with E-state index in [9.17, 15) is 13.6 Å². The van der Waals surface area contributed by atoms with Crippen LogP contribution < -0.4 is 15.4 Å². The second kappa shape index (κ2) is 9.76. The zero-order chi connectivity index (χ0) is 16.7. The minimum absolute atomic E-state index is 0. The van der Waals surface area contributed by atoms with E-state index in [1.54, 1.807) is 7.11 Å². The van der Waals surface area contributed by atoms with E-state index in [-0.39, 0.29) is 37.2 Å². The number of hydrogen-bond acceptors (Lipinski definition) is 4. The molecule has 0 spiro atoms. The number of amides is 1. The number of benzene rings is 1. The fourth-order valence-corrected chi connectivity index (χ4v) is 2.71. The van der Waals surface area contributed by atoms with Crippen LogP contribution in [0.4, 0.5) is 8.78 Å². The van der Waals surface area contributed by atoms with Gasteiger partial charge in [-0.2, -0.15) is 0 Å². The minimum atomic E-state index is -0.958. The average Bonchev–Trinajstić information content (AvgIpc) is 2.55. The summed E-state index contributed by atoms with van der Waals surface area (Å²) in [4.78, 5) is 12.4. The number of rotatable bonds is 7. The van der Waals surface area contributed by atoms with Crippen LogP contribution in [0.25, 0.3) is 0 Å². The van der Waals surface area contributed by atoms with Gasteiger partial charge >= 0.3 is 0 Å². The van der Waals surface area contributed by atoms with Crippen molar-refractivity contribution in [2.75, 3.05) is 40.0 Å². The van der Waals surface area contributed by atoms with E-state index in [2.05, 4.69) is 10.6 Å². The Morgan fingerprint density at radius 3 is 2.62 bits per heavy atom. The van der Waals surface area contributed by atoms with Crippen LogP contribution in [0, 0.1) is 17.0 Å². The van der Waals surface area contributed by atoms with Crippen molar-refractivity contribution < 1.29 is 23.0 Å². The Bertz CT molecular complexity index is 535. The predicted molar refractivity (Wildman–Crippen MR) is 88.5 cm³/mol. The summed E-state index contributed by atoms with van der Waals surface area (Å²) in [6.45, 7) is 2.41. The first kappa shape index (κ1) is 20.6. The van der Waals surface area contributed by atoms with Crippen LogP contribution in [0.1, 0.15) is 12.8 Å². The predicted octanol–water partition coefficient (Wildman–Crippen LogP) is 1.90. The van der Waals surface area contributed by atoms with Crippen molar-refractivity contribution in [3.8, 4) is 5.75 Å². The Hall–Kier alpha value is -1.44. The molecular weight excluding hydrogens is 342 g/mol. The van der Waals surface area contributed by atoms with Gasteiger partial charge in [0.15, 0.2) is 11.6 Å². The lowest BCUT2D eigenvalue weighted by molar-refractivity contribution is -0.136. The zero-order valence-electron chi connectivity index (χ0n) is 13.6. The molecule has 1 aliphatic rings. The Labute approximate surface area is 146 Å². The van der Waals surface area contributed by atoms with Crippen molar-refractivity contribution in [1.29, 1.82) is 0 Å². The maximum atomic E-state index is 13.1. The third kappa shape index (κ3) is 5.29. The summed E-state index contributed by atoms with van der Waals surface area (Å²) in [5, 5.41) is 6.06. The molecule has 0 bridgehead atoms. The standard InChI is InChI=1S/C16H22F2N2O3.ClH/c1-22-11-16(4-6-19-7-5-16)15(21)20-8-9-23-12-2-3-13(17)14(18)10-12;/h2-3,10,19H,4-9,11H2,1H3,(H,20,21);1H. The summed E-state index contributed by atoms with van der Waals surface area (Å²) < 4.78 is 36.4.